The molecule has 2 aromatic rings. The number of hydrogen-bond donors (Lipinski definition) is 2. The number of nitrogens with zero attached hydrogens (tertiary/aromatic N) is 1. The van der Waals surface area contributed by atoms with Gasteiger partial charge in [0, 0.05) is 11.3 Å². The number of nitrogens with one attached hydrogen (secondary N) is 2. The summed E-state index contributed by atoms with van der Waals surface area (Å²) < 4.78 is 13.2. The summed E-state index contributed by atoms with van der Waals surface area (Å²) in [6.45, 7) is 0. The highest BCUT2D eigenvalue weighted by Gasteiger charge is 1.99. The Balaban J connectivity index is 1.89. The zero-order valence-electron chi connectivity index (χ0n) is 10.0. The lowest BCUT2D eigenvalue weighted by Crippen LogP contribution is -2.24. The molecule has 0 spiro atoms. The van der Waals surface area contributed by atoms with Gasteiger partial charge in [-0.1, -0.05) is 36.4 Å². The van der Waals surface area contributed by atoms with Crippen LogP contribution in [0.4, 0.5) is 14.9 Å². The van der Waals surface area contributed by atoms with Gasteiger partial charge >= 0.3 is 6.03 Å². The highest BCUT2D eigenvalue weighted by molar-refractivity contribution is 5.90. The van der Waals surface area contributed by atoms with Crippen molar-refractivity contribution in [1.82, 2.24) is 5.43 Å². The monoisotopic (exact) mass is 257 g/mol. The molecule has 0 aliphatic rings. The number of halogens is 1. The van der Waals surface area contributed by atoms with Crippen molar-refractivity contribution in [3.63, 3.8) is 0 Å². The van der Waals surface area contributed by atoms with E-state index in [0.29, 0.717) is 11.3 Å². The Morgan fingerprint density at radius 3 is 2.47 bits per heavy atom. The fourth-order valence-electron chi connectivity index (χ4n) is 1.42. The van der Waals surface area contributed by atoms with Gasteiger partial charge in [-0.25, -0.2) is 14.6 Å². The topological polar surface area (TPSA) is 53.5 Å². The van der Waals surface area contributed by atoms with Crippen LogP contribution in [0.25, 0.3) is 0 Å². The maximum atomic E-state index is 13.2. The van der Waals surface area contributed by atoms with Gasteiger partial charge in [0.15, 0.2) is 0 Å². The number of urea groups is 1. The zero-order valence-corrected chi connectivity index (χ0v) is 10.0. The smallest absolute Gasteiger partial charge is 0.307 e. The fraction of sp³-hybridized carbons (Fsp3) is 0. The first-order valence-electron chi connectivity index (χ1n) is 5.65. The second kappa shape index (κ2) is 6.30. The van der Waals surface area contributed by atoms with Gasteiger partial charge in [-0.15, -0.1) is 0 Å². The maximum Gasteiger partial charge on any atom is 0.339 e. The summed E-state index contributed by atoms with van der Waals surface area (Å²) >= 11 is 0. The Morgan fingerprint density at radius 2 is 1.74 bits per heavy atom. The molecule has 0 bridgehead atoms. The summed E-state index contributed by atoms with van der Waals surface area (Å²) in [5, 5.41) is 6.26. The van der Waals surface area contributed by atoms with Crippen molar-refractivity contribution in [2.75, 3.05) is 5.32 Å². The number of carbonyl (C=O) groups is 1. The first-order chi connectivity index (χ1) is 9.25. The van der Waals surface area contributed by atoms with Crippen molar-refractivity contribution in [2.24, 2.45) is 5.10 Å². The van der Waals surface area contributed by atoms with Crippen LogP contribution < -0.4 is 10.7 Å². The van der Waals surface area contributed by atoms with Crippen LogP contribution in [-0.2, 0) is 0 Å². The van der Waals surface area contributed by atoms with E-state index in [-0.39, 0.29) is 0 Å². The third-order valence-electron chi connectivity index (χ3n) is 2.31. The van der Waals surface area contributed by atoms with E-state index in [9.17, 15) is 9.18 Å². The van der Waals surface area contributed by atoms with Crippen LogP contribution in [0.3, 0.4) is 0 Å². The van der Waals surface area contributed by atoms with Crippen molar-refractivity contribution >= 4 is 17.9 Å². The number of anilines is 1. The molecule has 0 heterocycles. The van der Waals surface area contributed by atoms with Crippen molar-refractivity contribution in [3.05, 3.63) is 66.0 Å². The normalized spacial score (nSPS) is 10.4. The van der Waals surface area contributed by atoms with Crippen LogP contribution in [0.5, 0.6) is 0 Å². The highest BCUT2D eigenvalue weighted by Crippen LogP contribution is 2.04. The summed E-state index contributed by atoms with van der Waals surface area (Å²) in [5.41, 5.74) is 3.22. The van der Waals surface area contributed by atoms with Crippen LogP contribution in [-0.4, -0.2) is 12.2 Å². The van der Waals surface area contributed by atoms with E-state index < -0.39 is 11.8 Å². The molecule has 0 unspecified atom stereocenters. The SMILES string of the molecule is O=C(N/N=C\c1ccccc1F)Nc1ccccc1. The number of rotatable bonds is 3. The summed E-state index contributed by atoms with van der Waals surface area (Å²) in [7, 11) is 0. The molecule has 2 aromatic carbocycles. The molecule has 96 valence electrons. The van der Waals surface area contributed by atoms with Crippen LogP contribution in [0.1, 0.15) is 5.56 Å². The summed E-state index contributed by atoms with van der Waals surface area (Å²) in [6, 6.07) is 14.6. The molecule has 2 rings (SSSR count). The standard InChI is InChI=1S/C14H12FN3O/c15-13-9-5-4-6-11(13)10-16-18-14(19)17-12-7-2-1-3-8-12/h1-10H,(H2,17,18,19)/b16-10-. The van der Waals surface area contributed by atoms with E-state index in [0.717, 1.165) is 0 Å². The van der Waals surface area contributed by atoms with Crippen LogP contribution in [0, 0.1) is 5.82 Å². The van der Waals surface area contributed by atoms with Gasteiger partial charge in [0.1, 0.15) is 5.82 Å². The molecule has 0 atom stereocenters. The lowest BCUT2D eigenvalue weighted by molar-refractivity contribution is 0.252. The second-order valence-corrected chi connectivity index (χ2v) is 3.71. The van der Waals surface area contributed by atoms with E-state index in [2.05, 4.69) is 15.8 Å². The van der Waals surface area contributed by atoms with E-state index >= 15 is 0 Å². The molecule has 2 N–H and O–H groups in total. The minimum absolute atomic E-state index is 0.308. The molecule has 0 aliphatic carbocycles. The Hall–Kier alpha value is -2.69. The number of para-hydroxylation sites is 1. The molecule has 0 aliphatic heterocycles. The number of hydrazone groups is 1. The third-order valence-corrected chi connectivity index (χ3v) is 2.31. The number of benzene rings is 2. The number of carbonyl (C=O) groups excluding carboxylic acids is 1. The van der Waals surface area contributed by atoms with Gasteiger partial charge in [0.25, 0.3) is 0 Å². The third kappa shape index (κ3) is 3.92. The Kier molecular flexibility index (Phi) is 4.23. The predicted molar refractivity (Wildman–Crippen MR) is 72.6 cm³/mol. The van der Waals surface area contributed by atoms with Gasteiger partial charge in [0.2, 0.25) is 0 Å². The number of amides is 2. The maximum absolute atomic E-state index is 13.2. The molecular formula is C14H12FN3O. The fourth-order valence-corrected chi connectivity index (χ4v) is 1.42. The Bertz CT molecular complexity index is 584. The quantitative estimate of drug-likeness (QED) is 0.644. The molecule has 4 nitrogen and oxygen atoms in total. The van der Waals surface area contributed by atoms with Crippen molar-refractivity contribution < 1.29 is 9.18 Å². The van der Waals surface area contributed by atoms with Crippen LogP contribution in [0.15, 0.2) is 59.7 Å². The predicted octanol–water partition coefficient (Wildman–Crippen LogP) is 2.98. The molecule has 2 amide bonds. The largest absolute Gasteiger partial charge is 0.339 e. The van der Waals surface area contributed by atoms with Gasteiger partial charge in [-0.2, -0.15) is 5.10 Å². The van der Waals surface area contributed by atoms with Gasteiger partial charge in [0.05, 0.1) is 6.21 Å². The minimum Gasteiger partial charge on any atom is -0.307 e. The van der Waals surface area contributed by atoms with Crippen molar-refractivity contribution in [2.45, 2.75) is 0 Å². The molecular weight excluding hydrogens is 245 g/mol. The van der Waals surface area contributed by atoms with E-state index in [1.165, 1.54) is 12.3 Å². The molecule has 0 saturated heterocycles. The van der Waals surface area contributed by atoms with Gasteiger partial charge in [-0.3, -0.25) is 0 Å². The second-order valence-electron chi connectivity index (χ2n) is 3.71. The average Bonchev–Trinajstić information content (AvgIpc) is 2.42. The highest BCUT2D eigenvalue weighted by atomic mass is 19.1. The van der Waals surface area contributed by atoms with E-state index in [4.69, 9.17) is 0 Å². The van der Waals surface area contributed by atoms with E-state index in [1.807, 2.05) is 6.07 Å². The molecule has 19 heavy (non-hydrogen) atoms. The first-order valence-corrected chi connectivity index (χ1v) is 5.65. The molecule has 0 saturated carbocycles. The Morgan fingerprint density at radius 1 is 1.05 bits per heavy atom. The van der Waals surface area contributed by atoms with Crippen molar-refractivity contribution in [3.8, 4) is 0 Å². The average molecular weight is 257 g/mol. The number of hydrogen-bond acceptors (Lipinski definition) is 2. The minimum atomic E-state index is -0.487. The molecule has 5 heteroatoms. The summed E-state index contributed by atoms with van der Waals surface area (Å²) in [5.74, 6) is -0.392. The van der Waals surface area contributed by atoms with E-state index in [1.54, 1.807) is 42.5 Å². The van der Waals surface area contributed by atoms with Crippen LogP contribution in [0.2, 0.25) is 0 Å². The van der Waals surface area contributed by atoms with Crippen LogP contribution >= 0.6 is 0 Å². The lowest BCUT2D eigenvalue weighted by atomic mass is 10.2. The first kappa shape index (κ1) is 12.8. The van der Waals surface area contributed by atoms with Crippen molar-refractivity contribution in [1.29, 1.82) is 0 Å². The molecule has 0 radical (unpaired) electrons. The van der Waals surface area contributed by atoms with Gasteiger partial charge in [-0.05, 0) is 18.2 Å². The summed E-state index contributed by atoms with van der Waals surface area (Å²) in [6.07, 6.45) is 1.25. The summed E-state index contributed by atoms with van der Waals surface area (Å²) in [4.78, 5) is 11.5. The Labute approximate surface area is 110 Å². The molecule has 0 fully saturated rings. The lowest BCUT2D eigenvalue weighted by Gasteiger charge is -2.03. The molecule has 0 aromatic heterocycles. The van der Waals surface area contributed by atoms with Gasteiger partial charge < -0.3 is 5.32 Å². The zero-order chi connectivity index (χ0) is 13.5.